The van der Waals surface area contributed by atoms with Crippen molar-refractivity contribution in [1.82, 2.24) is 14.5 Å². The highest BCUT2D eigenvalue weighted by Gasteiger charge is 2.02. The van der Waals surface area contributed by atoms with Crippen LogP contribution in [0.3, 0.4) is 0 Å². The van der Waals surface area contributed by atoms with Gasteiger partial charge in [0, 0.05) is 31.1 Å². The van der Waals surface area contributed by atoms with Gasteiger partial charge in [-0.25, -0.2) is 4.79 Å². The Balaban J connectivity index is 2.18. The van der Waals surface area contributed by atoms with Crippen LogP contribution in [0.1, 0.15) is 5.69 Å². The van der Waals surface area contributed by atoms with Gasteiger partial charge >= 0.3 is 5.69 Å². The number of aryl methyl sites for hydroxylation is 2. The van der Waals surface area contributed by atoms with E-state index in [0.717, 1.165) is 5.69 Å². The van der Waals surface area contributed by atoms with Crippen LogP contribution < -0.4 is 11.2 Å². The summed E-state index contributed by atoms with van der Waals surface area (Å²) in [5, 5.41) is 0. The van der Waals surface area contributed by atoms with Gasteiger partial charge in [0.25, 0.3) is 5.56 Å². The Bertz CT molecular complexity index is 619. The molecule has 5 nitrogen and oxygen atoms in total. The van der Waals surface area contributed by atoms with Gasteiger partial charge in [-0.2, -0.15) is 0 Å². The highest BCUT2D eigenvalue weighted by molar-refractivity contribution is 9.10. The van der Waals surface area contributed by atoms with Gasteiger partial charge in [-0.05, 0) is 28.1 Å². The number of H-pyrrole nitrogens is 1. The Labute approximate surface area is 105 Å². The first-order chi connectivity index (χ1) is 8.16. The van der Waals surface area contributed by atoms with Crippen molar-refractivity contribution in [2.75, 3.05) is 0 Å². The molecule has 17 heavy (non-hydrogen) atoms. The summed E-state index contributed by atoms with van der Waals surface area (Å²) in [6.45, 7) is 0.477. The molecule has 0 saturated carbocycles. The Morgan fingerprint density at radius 3 is 2.88 bits per heavy atom. The maximum atomic E-state index is 11.5. The van der Waals surface area contributed by atoms with E-state index in [1.165, 1.54) is 10.8 Å². The van der Waals surface area contributed by atoms with E-state index >= 15 is 0 Å². The standard InChI is InChI=1S/C11H10BrN3O2/c12-9-7-15(11(17)14-10(9)16)6-4-8-3-1-2-5-13-8/h1-3,5,7H,4,6H2,(H,14,16,17). The second-order valence-corrected chi connectivity index (χ2v) is 4.36. The summed E-state index contributed by atoms with van der Waals surface area (Å²) in [6, 6.07) is 5.63. The van der Waals surface area contributed by atoms with Crippen LogP contribution in [-0.4, -0.2) is 14.5 Å². The van der Waals surface area contributed by atoms with Crippen molar-refractivity contribution < 1.29 is 0 Å². The molecule has 0 spiro atoms. The lowest BCUT2D eigenvalue weighted by Crippen LogP contribution is -2.30. The molecule has 0 amide bonds. The summed E-state index contributed by atoms with van der Waals surface area (Å²) in [4.78, 5) is 29.0. The molecular formula is C11H10BrN3O2. The number of nitrogens with zero attached hydrogens (tertiary/aromatic N) is 2. The van der Waals surface area contributed by atoms with E-state index in [9.17, 15) is 9.59 Å². The van der Waals surface area contributed by atoms with Crippen molar-refractivity contribution in [2.24, 2.45) is 0 Å². The molecule has 2 aromatic rings. The SMILES string of the molecule is O=c1[nH]c(=O)n(CCc2ccccn2)cc1Br. The van der Waals surface area contributed by atoms with Crippen LogP contribution in [0.5, 0.6) is 0 Å². The van der Waals surface area contributed by atoms with E-state index in [-0.39, 0.29) is 0 Å². The van der Waals surface area contributed by atoms with Crippen molar-refractivity contribution >= 4 is 15.9 Å². The molecular weight excluding hydrogens is 286 g/mol. The van der Waals surface area contributed by atoms with Crippen molar-refractivity contribution in [3.05, 3.63) is 61.6 Å². The summed E-state index contributed by atoms with van der Waals surface area (Å²) in [5.41, 5.74) is 0.0833. The lowest BCUT2D eigenvalue weighted by atomic mass is 10.3. The fraction of sp³-hybridized carbons (Fsp3) is 0.182. The van der Waals surface area contributed by atoms with Crippen LogP contribution in [0, 0.1) is 0 Å². The lowest BCUT2D eigenvalue weighted by Gasteiger charge is -2.04. The number of hydrogen-bond acceptors (Lipinski definition) is 3. The molecule has 0 aliphatic carbocycles. The van der Waals surface area contributed by atoms with E-state index in [1.54, 1.807) is 6.20 Å². The van der Waals surface area contributed by atoms with Crippen LogP contribution in [0.25, 0.3) is 0 Å². The zero-order chi connectivity index (χ0) is 12.3. The molecule has 0 saturated heterocycles. The normalized spacial score (nSPS) is 10.4. The minimum absolute atomic E-state index is 0.345. The Morgan fingerprint density at radius 2 is 2.18 bits per heavy atom. The maximum absolute atomic E-state index is 11.5. The van der Waals surface area contributed by atoms with E-state index in [1.807, 2.05) is 18.2 Å². The van der Waals surface area contributed by atoms with Crippen molar-refractivity contribution in [3.63, 3.8) is 0 Å². The third kappa shape index (κ3) is 2.91. The number of pyridine rings is 1. The van der Waals surface area contributed by atoms with Gasteiger partial charge in [0.05, 0.1) is 4.47 Å². The van der Waals surface area contributed by atoms with Gasteiger partial charge in [-0.15, -0.1) is 0 Å². The number of aromatic amines is 1. The molecule has 2 aromatic heterocycles. The first kappa shape index (κ1) is 11.8. The van der Waals surface area contributed by atoms with Crippen molar-refractivity contribution in [1.29, 1.82) is 0 Å². The molecule has 0 atom stereocenters. The molecule has 0 aliphatic rings. The first-order valence-corrected chi connectivity index (χ1v) is 5.85. The number of aromatic nitrogens is 3. The molecule has 1 N–H and O–H groups in total. The number of halogens is 1. The molecule has 0 radical (unpaired) electrons. The van der Waals surface area contributed by atoms with Gasteiger partial charge in [0.1, 0.15) is 0 Å². The monoisotopic (exact) mass is 295 g/mol. The van der Waals surface area contributed by atoms with E-state index in [4.69, 9.17) is 0 Å². The van der Waals surface area contributed by atoms with Crippen LogP contribution in [0.2, 0.25) is 0 Å². The van der Waals surface area contributed by atoms with Gasteiger partial charge < -0.3 is 0 Å². The average molecular weight is 296 g/mol. The smallest absolute Gasteiger partial charge is 0.299 e. The molecule has 88 valence electrons. The van der Waals surface area contributed by atoms with E-state index in [2.05, 4.69) is 25.9 Å². The molecule has 6 heteroatoms. The minimum Gasteiger partial charge on any atom is -0.299 e. The summed E-state index contributed by atoms with van der Waals surface area (Å²) >= 11 is 3.09. The van der Waals surface area contributed by atoms with Gasteiger partial charge in [0.2, 0.25) is 0 Å². The van der Waals surface area contributed by atoms with Crippen LogP contribution in [-0.2, 0) is 13.0 Å². The van der Waals surface area contributed by atoms with Crippen LogP contribution in [0.4, 0.5) is 0 Å². The fourth-order valence-corrected chi connectivity index (χ4v) is 1.78. The van der Waals surface area contributed by atoms with Crippen LogP contribution >= 0.6 is 15.9 Å². The molecule has 2 rings (SSSR count). The van der Waals surface area contributed by atoms with Gasteiger partial charge in [-0.3, -0.25) is 19.3 Å². The predicted octanol–water partition coefficient (Wildman–Crippen LogP) is 0.937. The summed E-state index contributed by atoms with van der Waals surface area (Å²) < 4.78 is 1.79. The molecule has 0 unspecified atom stereocenters. The Hall–Kier alpha value is -1.69. The minimum atomic E-state index is -0.413. The first-order valence-electron chi connectivity index (χ1n) is 5.06. The molecule has 2 heterocycles. The largest absolute Gasteiger partial charge is 0.328 e. The number of rotatable bonds is 3. The lowest BCUT2D eigenvalue weighted by molar-refractivity contribution is 0.635. The highest BCUT2D eigenvalue weighted by atomic mass is 79.9. The van der Waals surface area contributed by atoms with Crippen molar-refractivity contribution in [3.8, 4) is 0 Å². The second kappa shape index (κ2) is 5.09. The third-order valence-corrected chi connectivity index (χ3v) is 2.87. The number of nitrogens with one attached hydrogen (secondary N) is 1. The maximum Gasteiger partial charge on any atom is 0.328 e. The quantitative estimate of drug-likeness (QED) is 0.916. The predicted molar refractivity (Wildman–Crippen MR) is 67.0 cm³/mol. The fourth-order valence-electron chi connectivity index (χ4n) is 1.43. The van der Waals surface area contributed by atoms with Gasteiger partial charge in [-0.1, -0.05) is 6.07 Å². The summed E-state index contributed by atoms with van der Waals surface area (Å²) in [7, 11) is 0. The second-order valence-electron chi connectivity index (χ2n) is 3.50. The molecule has 0 aliphatic heterocycles. The highest BCUT2D eigenvalue weighted by Crippen LogP contribution is 2.00. The van der Waals surface area contributed by atoms with Gasteiger partial charge in [0.15, 0.2) is 0 Å². The number of hydrogen-bond donors (Lipinski definition) is 1. The third-order valence-electron chi connectivity index (χ3n) is 2.30. The Morgan fingerprint density at radius 1 is 1.35 bits per heavy atom. The van der Waals surface area contributed by atoms with E-state index in [0.29, 0.717) is 17.4 Å². The summed E-state index contributed by atoms with van der Waals surface area (Å²) in [5.74, 6) is 0. The molecule has 0 fully saturated rings. The molecule has 0 bridgehead atoms. The Kier molecular flexibility index (Phi) is 3.53. The van der Waals surface area contributed by atoms with Crippen molar-refractivity contribution in [2.45, 2.75) is 13.0 Å². The van der Waals surface area contributed by atoms with E-state index < -0.39 is 11.2 Å². The zero-order valence-electron chi connectivity index (χ0n) is 8.89. The summed E-state index contributed by atoms with van der Waals surface area (Å²) in [6.07, 6.45) is 3.84. The zero-order valence-corrected chi connectivity index (χ0v) is 10.5. The molecule has 0 aromatic carbocycles. The average Bonchev–Trinajstić information content (AvgIpc) is 2.33. The topological polar surface area (TPSA) is 67.8 Å². The van der Waals surface area contributed by atoms with Crippen LogP contribution in [0.15, 0.2) is 44.7 Å².